The van der Waals surface area contributed by atoms with E-state index in [0.717, 1.165) is 36.1 Å². The average Bonchev–Trinajstić information content (AvgIpc) is 3.78. The van der Waals surface area contributed by atoms with Gasteiger partial charge in [0.2, 0.25) is 5.91 Å². The standard InChI is InChI=1S/C36H38N6O6/c1-22-15-28-29(37-19-27-7-5-13-42(27)35(28)45)18-32(22)48-14-6-8-33(43)38-25-11-9-23(10-12-25)24-16-30(40(2)20-24)34(44)39-26-17-31(36(46)47-4)41(3)21-26/h9-12,15-21,27H,5-8,13-14H2,1-4H3,(H,38,43)(H,39,44)/t27-/m0/s1. The molecular formula is C36H38N6O6. The summed E-state index contributed by atoms with van der Waals surface area (Å²) < 4.78 is 14.1. The number of esters is 1. The molecule has 6 rings (SSSR count). The molecule has 2 aliphatic rings. The minimum atomic E-state index is -0.490. The highest BCUT2D eigenvalue weighted by atomic mass is 16.5. The number of aromatic nitrogens is 2. The van der Waals surface area contributed by atoms with Crippen molar-refractivity contribution >= 4 is 47.0 Å². The van der Waals surface area contributed by atoms with Crippen LogP contribution in [0.2, 0.25) is 0 Å². The highest BCUT2D eigenvalue weighted by Gasteiger charge is 2.32. The molecule has 1 saturated heterocycles. The Hall–Kier alpha value is -5.65. The second-order valence-electron chi connectivity index (χ2n) is 12.1. The first-order valence-corrected chi connectivity index (χ1v) is 15.9. The summed E-state index contributed by atoms with van der Waals surface area (Å²) in [5, 5.41) is 5.75. The molecule has 2 aromatic heterocycles. The third-order valence-corrected chi connectivity index (χ3v) is 8.67. The zero-order valence-corrected chi connectivity index (χ0v) is 27.4. The lowest BCUT2D eigenvalue weighted by Gasteiger charge is -2.20. The monoisotopic (exact) mass is 650 g/mol. The number of aryl methyl sites for hydroxylation is 3. The van der Waals surface area contributed by atoms with Gasteiger partial charge in [0, 0.05) is 63.0 Å². The van der Waals surface area contributed by atoms with Crippen LogP contribution in [0, 0.1) is 6.92 Å². The maximum absolute atomic E-state index is 13.0. The number of hydrogen-bond acceptors (Lipinski definition) is 7. The molecule has 0 unspecified atom stereocenters. The highest BCUT2D eigenvalue weighted by molar-refractivity contribution is 6.05. The first-order valence-electron chi connectivity index (χ1n) is 15.9. The number of carbonyl (C=O) groups excluding carboxylic acids is 4. The number of ether oxygens (including phenoxy) is 2. The van der Waals surface area contributed by atoms with Crippen molar-refractivity contribution in [2.45, 2.75) is 38.6 Å². The van der Waals surface area contributed by atoms with E-state index in [0.29, 0.717) is 52.8 Å². The van der Waals surface area contributed by atoms with Crippen LogP contribution in [0.4, 0.5) is 17.1 Å². The molecule has 48 heavy (non-hydrogen) atoms. The summed E-state index contributed by atoms with van der Waals surface area (Å²) in [7, 11) is 4.79. The van der Waals surface area contributed by atoms with Gasteiger partial charge in [-0.1, -0.05) is 12.1 Å². The first kappa shape index (κ1) is 32.3. The van der Waals surface area contributed by atoms with Gasteiger partial charge in [-0.2, -0.15) is 0 Å². The second kappa shape index (κ2) is 13.6. The fourth-order valence-electron chi connectivity index (χ4n) is 6.10. The van der Waals surface area contributed by atoms with E-state index in [2.05, 4.69) is 15.6 Å². The Morgan fingerprint density at radius 1 is 0.938 bits per heavy atom. The fourth-order valence-corrected chi connectivity index (χ4v) is 6.10. The van der Waals surface area contributed by atoms with E-state index >= 15 is 0 Å². The van der Waals surface area contributed by atoms with Gasteiger partial charge in [-0.3, -0.25) is 19.4 Å². The van der Waals surface area contributed by atoms with Crippen molar-refractivity contribution in [2.75, 3.05) is 30.9 Å². The molecule has 0 spiro atoms. The first-order chi connectivity index (χ1) is 23.1. The summed E-state index contributed by atoms with van der Waals surface area (Å²) in [5.41, 5.74) is 5.70. The van der Waals surface area contributed by atoms with Crippen molar-refractivity contribution in [2.24, 2.45) is 19.1 Å². The van der Waals surface area contributed by atoms with Gasteiger partial charge in [-0.05, 0) is 67.6 Å². The predicted molar refractivity (Wildman–Crippen MR) is 182 cm³/mol. The highest BCUT2D eigenvalue weighted by Crippen LogP contribution is 2.34. The molecule has 2 N–H and O–H groups in total. The lowest BCUT2D eigenvalue weighted by molar-refractivity contribution is -0.116. The Morgan fingerprint density at radius 3 is 2.48 bits per heavy atom. The maximum Gasteiger partial charge on any atom is 0.354 e. The third-order valence-electron chi connectivity index (χ3n) is 8.67. The fraction of sp³-hybridized carbons (Fsp3) is 0.306. The molecule has 1 atom stereocenters. The number of aliphatic imine (C=N–C) groups is 1. The molecule has 0 saturated carbocycles. The van der Waals surface area contributed by atoms with Crippen LogP contribution in [0.25, 0.3) is 11.1 Å². The Balaban J connectivity index is 0.996. The van der Waals surface area contributed by atoms with Crippen LogP contribution in [0.5, 0.6) is 5.75 Å². The summed E-state index contributed by atoms with van der Waals surface area (Å²) in [6, 6.07) is 14.5. The number of hydrogen-bond donors (Lipinski definition) is 2. The van der Waals surface area contributed by atoms with Gasteiger partial charge in [-0.15, -0.1) is 0 Å². The van der Waals surface area contributed by atoms with Gasteiger partial charge >= 0.3 is 5.97 Å². The summed E-state index contributed by atoms with van der Waals surface area (Å²) in [6.07, 6.45) is 8.08. The molecule has 2 aliphatic heterocycles. The number of benzene rings is 2. The molecular weight excluding hydrogens is 612 g/mol. The largest absolute Gasteiger partial charge is 0.493 e. The number of amides is 3. The van der Waals surface area contributed by atoms with Crippen molar-refractivity contribution < 1.29 is 28.7 Å². The normalized spacial score (nSPS) is 15.0. The van der Waals surface area contributed by atoms with Gasteiger partial charge < -0.3 is 34.1 Å². The van der Waals surface area contributed by atoms with Crippen LogP contribution in [0.3, 0.4) is 0 Å². The predicted octanol–water partition coefficient (Wildman–Crippen LogP) is 5.50. The van der Waals surface area contributed by atoms with Crippen LogP contribution in [-0.2, 0) is 23.6 Å². The number of rotatable bonds is 10. The summed E-state index contributed by atoms with van der Waals surface area (Å²) in [5.74, 6) is -0.265. The van der Waals surface area contributed by atoms with Gasteiger partial charge in [0.15, 0.2) is 0 Å². The Kier molecular flexibility index (Phi) is 9.15. The number of nitrogens with one attached hydrogen (secondary N) is 2. The Labute approximate surface area is 278 Å². The van der Waals surface area contributed by atoms with E-state index < -0.39 is 5.97 Å². The molecule has 0 aliphatic carbocycles. The average molecular weight is 651 g/mol. The van der Waals surface area contributed by atoms with Crippen LogP contribution in [0.15, 0.2) is 65.9 Å². The van der Waals surface area contributed by atoms with Gasteiger partial charge in [0.25, 0.3) is 11.8 Å². The number of anilines is 2. The Bertz CT molecular complexity index is 1920. The molecule has 4 aromatic rings. The number of carbonyl (C=O) groups is 4. The van der Waals surface area contributed by atoms with Crippen LogP contribution < -0.4 is 15.4 Å². The quantitative estimate of drug-likeness (QED) is 0.172. The molecule has 0 bridgehead atoms. The topological polar surface area (TPSA) is 136 Å². The van der Waals surface area contributed by atoms with Crippen molar-refractivity contribution in [3.63, 3.8) is 0 Å². The van der Waals surface area contributed by atoms with Gasteiger partial charge in [-0.25, -0.2) is 4.79 Å². The number of nitrogens with zero attached hydrogens (tertiary/aromatic N) is 4. The zero-order valence-electron chi connectivity index (χ0n) is 27.4. The smallest absolute Gasteiger partial charge is 0.354 e. The molecule has 2 aromatic carbocycles. The number of methoxy groups -OCH3 is 1. The molecule has 1 fully saturated rings. The van der Waals surface area contributed by atoms with E-state index in [-0.39, 0.29) is 30.2 Å². The van der Waals surface area contributed by atoms with E-state index in [1.165, 1.54) is 7.11 Å². The van der Waals surface area contributed by atoms with Crippen LogP contribution in [0.1, 0.15) is 62.6 Å². The minimum absolute atomic E-state index is 0.0156. The van der Waals surface area contributed by atoms with E-state index in [4.69, 9.17) is 9.47 Å². The van der Waals surface area contributed by atoms with E-state index in [9.17, 15) is 19.2 Å². The SMILES string of the molecule is COC(=O)c1cc(NC(=O)c2cc(-c3ccc(NC(=O)CCCOc4cc5c(cc4C)C(=O)N4CCC[C@H]4C=N5)cc3)cn2C)cn1C. The molecule has 0 radical (unpaired) electrons. The van der Waals surface area contributed by atoms with Crippen LogP contribution >= 0.6 is 0 Å². The Morgan fingerprint density at radius 2 is 1.71 bits per heavy atom. The summed E-state index contributed by atoms with van der Waals surface area (Å²) >= 11 is 0. The van der Waals surface area contributed by atoms with Crippen molar-refractivity contribution in [3.05, 3.63) is 83.4 Å². The van der Waals surface area contributed by atoms with Gasteiger partial charge in [0.05, 0.1) is 36.7 Å². The molecule has 248 valence electrons. The van der Waals surface area contributed by atoms with Gasteiger partial charge in [0.1, 0.15) is 17.1 Å². The van der Waals surface area contributed by atoms with E-state index in [1.54, 1.807) is 41.6 Å². The third kappa shape index (κ3) is 6.73. The lowest BCUT2D eigenvalue weighted by atomic mass is 10.1. The molecule has 3 amide bonds. The van der Waals surface area contributed by atoms with Crippen LogP contribution in [-0.4, -0.2) is 70.2 Å². The van der Waals surface area contributed by atoms with Crippen molar-refractivity contribution in [3.8, 4) is 16.9 Å². The maximum atomic E-state index is 13.0. The van der Waals surface area contributed by atoms with Crippen molar-refractivity contribution in [1.82, 2.24) is 14.0 Å². The zero-order chi connectivity index (χ0) is 33.9. The summed E-state index contributed by atoms with van der Waals surface area (Å²) in [6.45, 7) is 3.01. The molecule has 12 nitrogen and oxygen atoms in total. The molecule has 12 heteroatoms. The minimum Gasteiger partial charge on any atom is -0.493 e. The molecule has 4 heterocycles. The van der Waals surface area contributed by atoms with E-state index in [1.807, 2.05) is 60.6 Å². The lowest BCUT2D eigenvalue weighted by Crippen LogP contribution is -2.35. The summed E-state index contributed by atoms with van der Waals surface area (Å²) in [4.78, 5) is 57.0. The number of fused-ring (bicyclic) bond motifs is 2. The second-order valence-corrected chi connectivity index (χ2v) is 12.1. The van der Waals surface area contributed by atoms with Crippen molar-refractivity contribution in [1.29, 1.82) is 0 Å².